The third-order valence-corrected chi connectivity index (χ3v) is 8.96. The number of ether oxygens (including phenoxy) is 2. The van der Waals surface area contributed by atoms with Crippen LogP contribution in [0.3, 0.4) is 0 Å². The summed E-state index contributed by atoms with van der Waals surface area (Å²) in [5, 5.41) is 3.32. The second-order valence-corrected chi connectivity index (χ2v) is 12.4. The van der Waals surface area contributed by atoms with E-state index in [1.54, 1.807) is 0 Å². The van der Waals surface area contributed by atoms with Gasteiger partial charge in [-0.25, -0.2) is 33.4 Å². The minimum atomic E-state index is -5.80. The standard InChI is InChI=1S/C17H23N10O13P3/c1-3-21-13(9(20-2)5-25-26-19)17(28)38-10-4-12(27-8-24-14-15(18)22-7-23-16(14)27)37-11(10)6-36-42(32,33)40-43(34,35)39-41(29,30)31/h3,7-8,10-12H,2,4-6H2,1H3,(H,32,33)(H,34,35)(H2,18,22,23)(H2,29,30,31)/b13-9-,21-3?/t10?,11-,12-/m1/s1. The van der Waals surface area contributed by atoms with Crippen LogP contribution in [-0.2, 0) is 41.1 Å². The molecule has 1 fully saturated rings. The number of anilines is 1. The molecule has 1 aliphatic rings. The lowest BCUT2D eigenvalue weighted by molar-refractivity contribution is -0.148. The van der Waals surface area contributed by atoms with Crippen LogP contribution in [0.4, 0.5) is 5.82 Å². The van der Waals surface area contributed by atoms with Crippen molar-refractivity contribution in [3.8, 4) is 0 Å². The molecule has 1 saturated heterocycles. The predicted octanol–water partition coefficient (Wildman–Crippen LogP) is 1.26. The number of aromatic nitrogens is 4. The Morgan fingerprint density at radius 3 is 2.60 bits per heavy atom. The molecule has 26 heteroatoms. The Labute approximate surface area is 240 Å². The van der Waals surface area contributed by atoms with Crippen molar-refractivity contribution in [2.75, 3.05) is 18.9 Å². The summed E-state index contributed by atoms with van der Waals surface area (Å²) in [4.78, 5) is 71.9. The van der Waals surface area contributed by atoms with E-state index >= 15 is 0 Å². The summed E-state index contributed by atoms with van der Waals surface area (Å²) in [7, 11) is -17.0. The van der Waals surface area contributed by atoms with Gasteiger partial charge >= 0.3 is 29.4 Å². The highest BCUT2D eigenvalue weighted by Gasteiger charge is 2.44. The molecule has 0 spiro atoms. The van der Waals surface area contributed by atoms with Crippen molar-refractivity contribution >= 4 is 59.4 Å². The molecule has 0 amide bonds. The van der Waals surface area contributed by atoms with Crippen LogP contribution in [0.5, 0.6) is 0 Å². The Morgan fingerprint density at radius 2 is 1.98 bits per heavy atom. The first-order valence-electron chi connectivity index (χ1n) is 11.4. The SMILES string of the molecule is C=N/C(CN=[N+]=[N-])=C(\N=CC)C(=O)OC1C[C@H](n2cnc3c(N)ncnc32)O[C@@H]1COP(=O)(O)OP(=O)(O)OP(=O)(O)O. The lowest BCUT2D eigenvalue weighted by Gasteiger charge is -2.21. The van der Waals surface area contributed by atoms with Gasteiger partial charge in [0.25, 0.3) is 0 Å². The van der Waals surface area contributed by atoms with Crippen molar-refractivity contribution in [1.82, 2.24) is 19.5 Å². The highest BCUT2D eigenvalue weighted by Crippen LogP contribution is 2.66. The van der Waals surface area contributed by atoms with Crippen LogP contribution >= 0.6 is 23.5 Å². The van der Waals surface area contributed by atoms with E-state index in [1.807, 2.05) is 0 Å². The van der Waals surface area contributed by atoms with Crippen LogP contribution in [0.15, 0.2) is 39.1 Å². The van der Waals surface area contributed by atoms with Crippen LogP contribution in [0, 0.1) is 0 Å². The Hall–Kier alpha value is -3.42. The summed E-state index contributed by atoms with van der Waals surface area (Å²) >= 11 is 0. The maximum Gasteiger partial charge on any atom is 0.490 e. The zero-order valence-electron chi connectivity index (χ0n) is 21.7. The van der Waals surface area contributed by atoms with E-state index in [0.717, 1.165) is 6.33 Å². The number of phosphoric ester groups is 1. The summed E-state index contributed by atoms with van der Waals surface area (Å²) in [6.45, 7) is 3.41. The highest BCUT2D eigenvalue weighted by atomic mass is 31.3. The quantitative estimate of drug-likeness (QED) is 0.0359. The second kappa shape index (κ2) is 13.9. The van der Waals surface area contributed by atoms with Gasteiger partial charge < -0.3 is 34.8 Å². The number of nitrogen functional groups attached to an aromatic ring is 1. The molecule has 0 bridgehead atoms. The Bertz CT molecular complexity index is 1630. The molecule has 234 valence electrons. The average Bonchev–Trinajstić information content (AvgIpc) is 3.50. The van der Waals surface area contributed by atoms with Crippen molar-refractivity contribution in [3.63, 3.8) is 0 Å². The van der Waals surface area contributed by atoms with E-state index in [2.05, 4.69) is 54.8 Å². The number of fused-ring (bicyclic) bond motifs is 1. The molecule has 6 N–H and O–H groups in total. The van der Waals surface area contributed by atoms with Crippen molar-refractivity contribution < 1.29 is 60.7 Å². The van der Waals surface area contributed by atoms with Gasteiger partial charge in [0, 0.05) is 17.5 Å². The number of hydrogen-bond acceptors (Lipinski definition) is 16. The third kappa shape index (κ3) is 9.28. The van der Waals surface area contributed by atoms with E-state index in [0.29, 0.717) is 0 Å². The van der Waals surface area contributed by atoms with Gasteiger partial charge in [-0.3, -0.25) is 19.1 Å². The molecule has 2 aromatic rings. The maximum atomic E-state index is 13.1. The summed E-state index contributed by atoms with van der Waals surface area (Å²) in [6.07, 6.45) is -0.219. The number of carbonyl (C=O) groups excluding carboxylic acids is 1. The van der Waals surface area contributed by atoms with Gasteiger partial charge in [-0.05, 0) is 19.2 Å². The van der Waals surface area contributed by atoms with Crippen LogP contribution in [0.25, 0.3) is 21.6 Å². The molecule has 0 aromatic carbocycles. The van der Waals surface area contributed by atoms with E-state index < -0.39 is 66.7 Å². The van der Waals surface area contributed by atoms with E-state index in [1.165, 1.54) is 24.0 Å². The lowest BCUT2D eigenvalue weighted by Crippen LogP contribution is -2.31. The fourth-order valence-electron chi connectivity index (χ4n) is 3.56. The number of phosphoric acid groups is 3. The topological polar surface area (TPSA) is 338 Å². The molecule has 3 heterocycles. The molecule has 23 nitrogen and oxygen atoms in total. The largest absolute Gasteiger partial charge is 0.490 e. The molecular formula is C17H23N10O13P3. The van der Waals surface area contributed by atoms with Crippen molar-refractivity contribution in [2.24, 2.45) is 15.1 Å². The van der Waals surface area contributed by atoms with Gasteiger partial charge in [0.2, 0.25) is 0 Å². The zero-order chi connectivity index (χ0) is 32.0. The van der Waals surface area contributed by atoms with Gasteiger partial charge in [0.15, 0.2) is 17.2 Å². The van der Waals surface area contributed by atoms with Gasteiger partial charge in [0.1, 0.15) is 30.3 Å². The van der Waals surface area contributed by atoms with Crippen molar-refractivity contribution in [3.05, 3.63) is 34.5 Å². The maximum absolute atomic E-state index is 13.1. The molecule has 5 atom stereocenters. The van der Waals surface area contributed by atoms with Gasteiger partial charge in [-0.2, -0.15) is 8.62 Å². The summed E-state index contributed by atoms with van der Waals surface area (Å²) in [5.41, 5.74) is 14.3. The highest BCUT2D eigenvalue weighted by molar-refractivity contribution is 7.66. The molecule has 3 rings (SSSR count). The Balaban J connectivity index is 1.90. The van der Waals surface area contributed by atoms with E-state index in [9.17, 15) is 28.3 Å². The first-order chi connectivity index (χ1) is 20.1. The smallest absolute Gasteiger partial charge is 0.455 e. The number of aliphatic imine (C=N–C) groups is 2. The molecular weight excluding hydrogens is 645 g/mol. The number of rotatable bonds is 14. The van der Waals surface area contributed by atoms with E-state index in [4.69, 9.17) is 30.5 Å². The average molecular weight is 668 g/mol. The molecule has 1 aliphatic heterocycles. The Morgan fingerprint density at radius 1 is 1.26 bits per heavy atom. The van der Waals surface area contributed by atoms with Crippen LogP contribution < -0.4 is 5.73 Å². The van der Waals surface area contributed by atoms with Crippen LogP contribution in [0.2, 0.25) is 0 Å². The normalized spacial score (nSPS) is 22.4. The van der Waals surface area contributed by atoms with Crippen molar-refractivity contribution in [2.45, 2.75) is 31.8 Å². The number of nitrogens with zero attached hydrogens (tertiary/aromatic N) is 9. The first-order valence-corrected chi connectivity index (χ1v) is 15.9. The number of carbonyl (C=O) groups is 1. The minimum Gasteiger partial charge on any atom is -0.455 e. The van der Waals surface area contributed by atoms with E-state index in [-0.39, 0.29) is 29.1 Å². The predicted molar refractivity (Wildman–Crippen MR) is 143 cm³/mol. The fraction of sp³-hybridized carbons (Fsp3) is 0.412. The molecule has 2 aromatic heterocycles. The van der Waals surface area contributed by atoms with Crippen LogP contribution in [-0.4, -0.2) is 83.4 Å². The first kappa shape index (κ1) is 34.1. The number of hydrogen-bond donors (Lipinski definition) is 5. The Kier molecular flexibility index (Phi) is 11.0. The van der Waals surface area contributed by atoms with Crippen molar-refractivity contribution in [1.29, 1.82) is 0 Å². The molecule has 43 heavy (non-hydrogen) atoms. The minimum absolute atomic E-state index is 0.0469. The number of imidazole rings is 1. The third-order valence-electron chi connectivity index (χ3n) is 5.15. The number of esters is 1. The molecule has 0 aliphatic carbocycles. The molecule has 0 saturated carbocycles. The molecule has 0 radical (unpaired) electrons. The molecule has 3 unspecified atom stereocenters. The summed E-state index contributed by atoms with van der Waals surface area (Å²) in [5.74, 6) is -1.06. The van der Waals surface area contributed by atoms with Gasteiger partial charge in [-0.1, -0.05) is 5.11 Å². The number of azide groups is 1. The lowest BCUT2D eigenvalue weighted by atomic mass is 10.2. The van der Waals surface area contributed by atoms with Gasteiger partial charge in [0.05, 0.1) is 25.2 Å². The summed E-state index contributed by atoms with van der Waals surface area (Å²) in [6, 6.07) is 0. The monoisotopic (exact) mass is 668 g/mol. The number of nitrogens with two attached hydrogens (primary N) is 1. The zero-order valence-corrected chi connectivity index (χ0v) is 24.4. The van der Waals surface area contributed by atoms with Crippen LogP contribution in [0.1, 0.15) is 19.6 Å². The second-order valence-electron chi connectivity index (χ2n) is 8.01. The van der Waals surface area contributed by atoms with Gasteiger partial charge in [-0.15, -0.1) is 0 Å². The summed E-state index contributed by atoms with van der Waals surface area (Å²) < 4.78 is 59.7. The fourth-order valence-corrected chi connectivity index (χ4v) is 6.59.